The highest BCUT2D eigenvalue weighted by Gasteiger charge is 2.47. The Morgan fingerprint density at radius 3 is 0.883 bits per heavy atom. The van der Waals surface area contributed by atoms with E-state index in [0.29, 0.717) is 12.1 Å². The number of aromatic carboxylic acids is 1. The minimum Gasteiger partial charge on any atom is -0.477 e. The van der Waals surface area contributed by atoms with E-state index in [0.717, 1.165) is 16.3 Å². The number of aromatic nitrogens is 1. The number of hydrogen-bond acceptors (Lipinski definition) is 1. The van der Waals surface area contributed by atoms with Crippen molar-refractivity contribution in [2.75, 3.05) is 0 Å². The van der Waals surface area contributed by atoms with Crippen molar-refractivity contribution in [3.8, 4) is 0 Å². The molecule has 7 rings (SSSR count). The topological polar surface area (TPSA) is 41.2 Å². The van der Waals surface area contributed by atoms with Gasteiger partial charge in [-0.3, -0.25) is 0 Å². The second-order valence-corrected chi connectivity index (χ2v) is 16.9. The van der Waals surface area contributed by atoms with Crippen molar-refractivity contribution in [2.24, 2.45) is 0 Å². The number of carbonyl (C=O) groups is 1. The molecule has 1 aromatic heterocycles. The molecule has 0 spiro atoms. The molecule has 1 N–H and O–H groups in total. The van der Waals surface area contributed by atoms with Crippen molar-refractivity contribution in [1.29, 1.82) is 0 Å². The zero-order valence-corrected chi connectivity index (χ0v) is 37.4. The smallest absolute Gasteiger partial charge is 0.416 e. The lowest BCUT2D eigenvalue weighted by molar-refractivity contribution is -0.687. The van der Waals surface area contributed by atoms with Gasteiger partial charge in [0, 0.05) is 16.3 Å². The molecule has 0 amide bonds. The lowest BCUT2D eigenvalue weighted by Crippen LogP contribution is -2.75. The zero-order valence-electron chi connectivity index (χ0n) is 37.4. The van der Waals surface area contributed by atoms with E-state index in [9.17, 15) is 115 Å². The summed E-state index contributed by atoms with van der Waals surface area (Å²) in [7, 11) is 0. The Morgan fingerprint density at radius 1 is 0.364 bits per heavy atom. The summed E-state index contributed by atoms with van der Waals surface area (Å²) >= 11 is 0. The maximum Gasteiger partial charge on any atom is 0.416 e. The molecule has 0 saturated heterocycles. The van der Waals surface area contributed by atoms with E-state index in [2.05, 4.69) is 0 Å². The molecule has 410 valence electrons. The average Bonchev–Trinajstić information content (AvgIpc) is 3.29. The lowest BCUT2D eigenvalue weighted by Gasteiger charge is -2.46. The molecular weight excluding hydrogens is 1100 g/mol. The molecule has 3 nitrogen and oxygen atoms in total. The van der Waals surface area contributed by atoms with Gasteiger partial charge < -0.3 is 5.11 Å². The van der Waals surface area contributed by atoms with E-state index >= 15 is 0 Å². The van der Waals surface area contributed by atoms with Gasteiger partial charge in [-0.05, 0) is 30.3 Å². The van der Waals surface area contributed by atoms with Gasteiger partial charge in [0.25, 0.3) is 0 Å². The summed E-state index contributed by atoms with van der Waals surface area (Å²) in [5, 5.41) is 11.1. The van der Waals surface area contributed by atoms with E-state index in [4.69, 9.17) is 0 Å². The molecule has 6 aromatic carbocycles. The summed E-state index contributed by atoms with van der Waals surface area (Å²) in [6, 6.07) is 8.73. The minimum absolute atomic E-state index is 0.332. The Bertz CT molecular complexity index is 2870. The van der Waals surface area contributed by atoms with Gasteiger partial charge in [0.05, 0.1) is 44.5 Å². The number of carboxylic acid groups (broad SMARTS) is 1. The van der Waals surface area contributed by atoms with Gasteiger partial charge in [-0.1, -0.05) is 97.1 Å². The monoisotopic (exact) mass is 1130 g/mol. The predicted molar refractivity (Wildman–Crippen MR) is 227 cm³/mol. The molecule has 0 fully saturated rings. The van der Waals surface area contributed by atoms with Gasteiger partial charge >= 0.3 is 55.4 Å². The van der Waals surface area contributed by atoms with Crippen LogP contribution in [-0.2, 0) is 56.0 Å². The quantitative estimate of drug-likeness (QED) is 0.0982. The third-order valence-corrected chi connectivity index (χ3v) is 11.7. The number of hydrogen-bond donors (Lipinski definition) is 1. The van der Waals surface area contributed by atoms with Crippen molar-refractivity contribution >= 4 is 44.7 Å². The molecule has 1 heterocycles. The summed E-state index contributed by atoms with van der Waals surface area (Å²) < 4.78 is 343. The highest BCUT2D eigenvalue weighted by Crippen LogP contribution is 2.41. The van der Waals surface area contributed by atoms with Gasteiger partial charge in [0.2, 0.25) is 0 Å². The number of nitrogens with zero attached hydrogens (tertiary/aromatic N) is 1. The van der Waals surface area contributed by atoms with Crippen LogP contribution in [0.25, 0.3) is 10.8 Å². The molecule has 0 aliphatic heterocycles. The van der Waals surface area contributed by atoms with Crippen LogP contribution in [0.3, 0.4) is 0 Å². The summed E-state index contributed by atoms with van der Waals surface area (Å²) in [6.07, 6.45) is -51.1. The summed E-state index contributed by atoms with van der Waals surface area (Å²) in [5.41, 5.74) is -28.7. The van der Waals surface area contributed by atoms with Crippen LogP contribution in [0.5, 0.6) is 0 Å². The van der Waals surface area contributed by atoms with Gasteiger partial charge in [-0.15, -0.1) is 0 Å². The molecule has 0 radical (unpaired) electrons. The second-order valence-electron chi connectivity index (χ2n) is 16.9. The van der Waals surface area contributed by atoms with E-state index in [1.807, 2.05) is 65.4 Å². The molecule has 0 bridgehead atoms. The number of benzene rings is 6. The van der Waals surface area contributed by atoms with Gasteiger partial charge in [-0.2, -0.15) is 132 Å². The first-order chi connectivity index (χ1) is 35.0. The number of fused-ring (bicyclic) bond motifs is 1. The fourth-order valence-corrected chi connectivity index (χ4v) is 8.43. The van der Waals surface area contributed by atoms with Crippen molar-refractivity contribution in [1.82, 2.24) is 0 Å². The Hall–Kier alpha value is -7.42. The maximum atomic E-state index is 14.2. The van der Waals surface area contributed by atoms with Crippen LogP contribution in [0.2, 0.25) is 0 Å². The fourth-order valence-electron chi connectivity index (χ4n) is 8.43. The van der Waals surface area contributed by atoms with Crippen molar-refractivity contribution in [3.05, 3.63) is 195 Å². The summed E-state index contributed by atoms with van der Waals surface area (Å²) in [6.45, 7) is 0.659. The summed E-state index contributed by atoms with van der Waals surface area (Å²) in [4.78, 5) is 11.4. The SMILES string of the molecule is FC(F)(F)c1cc([B-](c2cc(C(F)(F)F)cc(C(F)(F)F)c2)(c2cc(C(F)(F)F)cc(C(F)(F)F)c2)c2cc(C(F)(F)F)cc(C(F)(F)F)c2)cc(C(F)(F)F)c1.O=C(O)c1c[n+](Cc2ccccc2)cc2ccccc12. The minimum atomic E-state index is -6.13. The van der Waals surface area contributed by atoms with Crippen LogP contribution in [0.15, 0.2) is 140 Å². The first-order valence-electron chi connectivity index (χ1n) is 21.0. The second kappa shape index (κ2) is 20.2. The van der Waals surface area contributed by atoms with Crippen LogP contribution in [0.4, 0.5) is 105 Å². The van der Waals surface area contributed by atoms with Crippen molar-refractivity contribution in [3.63, 3.8) is 0 Å². The predicted octanol–water partition coefficient (Wildman–Crippen LogP) is 14.1. The van der Waals surface area contributed by atoms with E-state index in [-0.39, 0.29) is 0 Å². The number of pyridine rings is 1. The van der Waals surface area contributed by atoms with Crippen LogP contribution in [-0.4, -0.2) is 17.2 Å². The van der Waals surface area contributed by atoms with E-state index in [1.54, 1.807) is 6.20 Å². The largest absolute Gasteiger partial charge is 0.477 e. The maximum absolute atomic E-state index is 14.2. The number of halogens is 24. The third-order valence-electron chi connectivity index (χ3n) is 11.7. The molecule has 0 aliphatic rings. The number of alkyl halides is 24. The fraction of sp³-hybridized carbons (Fsp3) is 0.184. The molecule has 0 atom stereocenters. The standard InChI is InChI=1S/C32H12BF24.C17H13NO2/c34-25(35,36)13-1-14(26(37,38)39)6-21(5-13)33(22-7-15(27(40,41)42)2-16(8-22)28(43,44)45,23-9-17(29(46,47)48)3-18(10-23)30(49,50)51)24-11-19(31(52,53)54)4-20(12-24)32(55,56)57;19-17(20)16-12-18(10-13-6-2-1-3-7-13)11-14-8-4-5-9-15(14)16/h1-12H;1-9,11-12H,10H2/q-1;/p+1. The highest BCUT2D eigenvalue weighted by molar-refractivity contribution is 7.20. The van der Waals surface area contributed by atoms with Crippen LogP contribution >= 0.6 is 0 Å². The molecule has 0 unspecified atom stereocenters. The third kappa shape index (κ3) is 13.2. The van der Waals surface area contributed by atoms with Crippen molar-refractivity contribution < 1.29 is 120 Å². The van der Waals surface area contributed by atoms with Crippen molar-refractivity contribution in [2.45, 2.75) is 56.0 Å². The Labute approximate surface area is 415 Å². The molecule has 7 aromatic rings. The molecule has 28 heteroatoms. The van der Waals surface area contributed by atoms with Gasteiger partial charge in [0.1, 0.15) is 11.7 Å². The Morgan fingerprint density at radius 2 is 0.623 bits per heavy atom. The van der Waals surface area contributed by atoms with E-state index < -0.39 is 201 Å². The Balaban J connectivity index is 0.000000397. The van der Waals surface area contributed by atoms with Gasteiger partial charge in [-0.25, -0.2) is 4.79 Å². The number of carboxylic acids is 1. The van der Waals surface area contributed by atoms with Gasteiger partial charge in [0.15, 0.2) is 18.9 Å². The zero-order chi connectivity index (χ0) is 57.9. The highest BCUT2D eigenvalue weighted by atomic mass is 19.4. The first kappa shape index (κ1) is 58.8. The van der Waals surface area contributed by atoms with Crippen LogP contribution in [0.1, 0.15) is 60.4 Å². The lowest BCUT2D eigenvalue weighted by atomic mass is 9.12. The summed E-state index contributed by atoms with van der Waals surface area (Å²) in [5.74, 6) is -0.899. The molecule has 77 heavy (non-hydrogen) atoms. The molecular formula is C49H26BF24NO2. The normalized spacial score (nSPS) is 13.4. The molecule has 0 saturated carbocycles. The van der Waals surface area contributed by atoms with Crippen LogP contribution in [0, 0.1) is 0 Å². The van der Waals surface area contributed by atoms with Crippen LogP contribution < -0.4 is 26.4 Å². The average molecular weight is 1130 g/mol. The molecule has 0 aliphatic carbocycles. The first-order valence-corrected chi connectivity index (χ1v) is 21.0. The Kier molecular flexibility index (Phi) is 15.4. The number of rotatable bonds is 7. The van der Waals surface area contributed by atoms with E-state index in [1.165, 1.54) is 0 Å².